The third-order valence-corrected chi connectivity index (χ3v) is 9.54. The summed E-state index contributed by atoms with van der Waals surface area (Å²) in [4.78, 5) is 2.29. The number of rotatable bonds is 4. The highest BCUT2D eigenvalue weighted by Gasteiger charge is 2.25. The van der Waals surface area contributed by atoms with E-state index in [-0.39, 0.29) is 35.8 Å². The van der Waals surface area contributed by atoms with Crippen molar-refractivity contribution in [1.82, 2.24) is 0 Å². The quantitative estimate of drug-likeness (QED) is 0.199. The van der Waals surface area contributed by atoms with Crippen LogP contribution in [0, 0.1) is 6.92 Å². The monoisotopic (exact) mass is 604 g/mol. The van der Waals surface area contributed by atoms with E-state index in [2.05, 4.69) is 103 Å². The van der Waals surface area contributed by atoms with E-state index in [1.165, 1.54) is 11.1 Å². The standard InChI is InChI=1S/C45H29NO/c1-28-10-5-7-15-42(28)46(43-16-9-14-37-36-13-6-8-17-44(36)47-45(37)43)35-21-20-32-25-39-38-24-31-19-18-30(29-11-3-2-4-12-29)22-33(31)26-40(38)41(39)27-34(32)23-35/h2-27H,1H3/i2D,3D,4D,11D,12D. The maximum Gasteiger partial charge on any atom is 0.159 e. The average molecular weight is 605 g/mol. The Morgan fingerprint density at radius 2 is 1.15 bits per heavy atom. The van der Waals surface area contributed by atoms with Crippen LogP contribution in [0.15, 0.2) is 162 Å². The van der Waals surface area contributed by atoms with Crippen molar-refractivity contribution in [2.24, 2.45) is 0 Å². The molecule has 1 aliphatic rings. The van der Waals surface area contributed by atoms with Crippen LogP contribution in [0.25, 0.3) is 76.9 Å². The van der Waals surface area contributed by atoms with Crippen LogP contribution >= 0.6 is 0 Å². The van der Waals surface area contributed by atoms with Gasteiger partial charge >= 0.3 is 0 Å². The predicted molar refractivity (Wildman–Crippen MR) is 198 cm³/mol. The summed E-state index contributed by atoms with van der Waals surface area (Å²) in [6.07, 6.45) is 0. The molecule has 10 rings (SSSR count). The van der Waals surface area contributed by atoms with Crippen LogP contribution in [0.2, 0.25) is 0 Å². The van der Waals surface area contributed by atoms with Crippen LogP contribution in [0.5, 0.6) is 0 Å². The number of benzene rings is 8. The van der Waals surface area contributed by atoms with E-state index in [0.29, 0.717) is 5.56 Å². The van der Waals surface area contributed by atoms with Crippen molar-refractivity contribution < 1.29 is 11.3 Å². The summed E-state index contributed by atoms with van der Waals surface area (Å²) >= 11 is 0. The van der Waals surface area contributed by atoms with Crippen molar-refractivity contribution in [3.63, 3.8) is 0 Å². The van der Waals surface area contributed by atoms with Gasteiger partial charge in [0, 0.05) is 22.1 Å². The second kappa shape index (κ2) is 9.94. The molecule has 2 nitrogen and oxygen atoms in total. The Hall–Kier alpha value is -6.12. The topological polar surface area (TPSA) is 16.4 Å². The van der Waals surface area contributed by atoms with Gasteiger partial charge in [-0.3, -0.25) is 0 Å². The zero-order valence-corrected chi connectivity index (χ0v) is 25.5. The zero-order valence-electron chi connectivity index (χ0n) is 30.5. The van der Waals surface area contributed by atoms with Gasteiger partial charge in [-0.2, -0.15) is 0 Å². The summed E-state index contributed by atoms with van der Waals surface area (Å²) in [5, 5.41) is 6.42. The molecule has 0 fully saturated rings. The summed E-state index contributed by atoms with van der Waals surface area (Å²) in [5.74, 6) is 0. The maximum atomic E-state index is 8.49. The highest BCUT2D eigenvalue weighted by atomic mass is 16.3. The number of hydrogen-bond acceptors (Lipinski definition) is 2. The number of anilines is 3. The summed E-state index contributed by atoms with van der Waals surface area (Å²) in [7, 11) is 0. The van der Waals surface area contributed by atoms with Crippen LogP contribution in [0.3, 0.4) is 0 Å². The lowest BCUT2D eigenvalue weighted by molar-refractivity contribution is 0.669. The van der Waals surface area contributed by atoms with Crippen LogP contribution in [0.1, 0.15) is 12.4 Å². The van der Waals surface area contributed by atoms with E-state index in [0.717, 1.165) is 77.2 Å². The van der Waals surface area contributed by atoms with Gasteiger partial charge in [-0.05, 0) is 128 Å². The molecule has 0 atom stereocenters. The van der Waals surface area contributed by atoms with Gasteiger partial charge in [-0.1, -0.05) is 96.9 Å². The third-order valence-electron chi connectivity index (χ3n) is 9.54. The molecular formula is C45H29NO. The number of fused-ring (bicyclic) bond motifs is 9. The fraction of sp³-hybridized carbons (Fsp3) is 0.0222. The molecule has 2 heteroatoms. The minimum atomic E-state index is -0.388. The smallest absolute Gasteiger partial charge is 0.159 e. The highest BCUT2D eigenvalue weighted by Crippen LogP contribution is 2.51. The number of hydrogen-bond donors (Lipinski definition) is 0. The Balaban J connectivity index is 1.11. The molecular weight excluding hydrogens is 571 g/mol. The second-order valence-electron chi connectivity index (χ2n) is 12.3. The second-order valence-corrected chi connectivity index (χ2v) is 12.3. The fourth-order valence-corrected chi connectivity index (χ4v) is 7.23. The number of nitrogens with zero attached hydrogens (tertiary/aromatic N) is 1. The summed E-state index contributed by atoms with van der Waals surface area (Å²) < 4.78 is 47.8. The Bertz CT molecular complexity index is 2970. The van der Waals surface area contributed by atoms with E-state index in [4.69, 9.17) is 11.3 Å². The number of aryl methyl sites for hydroxylation is 1. The first-order chi connectivity index (χ1) is 25.3. The van der Waals surface area contributed by atoms with Crippen LogP contribution in [-0.2, 0) is 0 Å². The molecule has 0 radical (unpaired) electrons. The minimum absolute atomic E-state index is 0.196. The van der Waals surface area contributed by atoms with Crippen molar-refractivity contribution in [3.8, 4) is 33.4 Å². The first-order valence-electron chi connectivity index (χ1n) is 18.3. The van der Waals surface area contributed by atoms with Crippen molar-refractivity contribution in [1.29, 1.82) is 0 Å². The van der Waals surface area contributed by atoms with Gasteiger partial charge in [0.1, 0.15) is 5.58 Å². The van der Waals surface area contributed by atoms with Gasteiger partial charge in [0.05, 0.1) is 12.5 Å². The molecule has 1 heterocycles. The van der Waals surface area contributed by atoms with E-state index < -0.39 is 0 Å². The molecule has 9 aromatic rings. The minimum Gasteiger partial charge on any atom is -0.454 e. The van der Waals surface area contributed by atoms with Gasteiger partial charge in [-0.25, -0.2) is 0 Å². The molecule has 8 aromatic carbocycles. The predicted octanol–water partition coefficient (Wildman–Crippen LogP) is 13.0. The van der Waals surface area contributed by atoms with E-state index in [1.807, 2.05) is 36.4 Å². The molecule has 0 N–H and O–H groups in total. The normalized spacial score (nSPS) is 13.4. The van der Waals surface area contributed by atoms with Crippen LogP contribution in [0.4, 0.5) is 17.1 Å². The summed E-state index contributed by atoms with van der Waals surface area (Å²) in [6, 6.07) is 42.7. The summed E-state index contributed by atoms with van der Waals surface area (Å²) in [5.41, 5.74) is 11.4. The Labute approximate surface area is 279 Å². The van der Waals surface area contributed by atoms with Crippen LogP contribution < -0.4 is 4.90 Å². The molecule has 1 aromatic heterocycles. The number of furan rings is 1. The van der Waals surface area contributed by atoms with Gasteiger partial charge in [0.15, 0.2) is 5.58 Å². The average Bonchev–Trinajstić information content (AvgIpc) is 3.55. The largest absolute Gasteiger partial charge is 0.454 e. The van der Waals surface area contributed by atoms with Gasteiger partial charge in [0.2, 0.25) is 0 Å². The van der Waals surface area contributed by atoms with Crippen molar-refractivity contribution >= 4 is 60.5 Å². The number of para-hydroxylation sites is 3. The fourth-order valence-electron chi connectivity index (χ4n) is 7.23. The van der Waals surface area contributed by atoms with Gasteiger partial charge in [-0.15, -0.1) is 0 Å². The van der Waals surface area contributed by atoms with E-state index >= 15 is 0 Å². The molecule has 0 spiro atoms. The zero-order chi connectivity index (χ0) is 35.4. The van der Waals surface area contributed by atoms with E-state index in [9.17, 15) is 0 Å². The molecule has 0 bridgehead atoms. The SMILES string of the molecule is [2H]c1c([2H])c([2H])c(-c2ccc3cc4c(cc3c2)-c2cc3cc(N(c5ccccc5C)c5cccc6c5oc5ccccc56)ccc3cc2-4)c([2H])c1[2H]. The molecule has 1 aliphatic carbocycles. The maximum absolute atomic E-state index is 8.49. The lowest BCUT2D eigenvalue weighted by Crippen LogP contribution is -2.11. The molecule has 0 saturated heterocycles. The van der Waals surface area contributed by atoms with Crippen LogP contribution in [-0.4, -0.2) is 0 Å². The van der Waals surface area contributed by atoms with Gasteiger partial charge < -0.3 is 9.32 Å². The lowest BCUT2D eigenvalue weighted by Gasteiger charge is -2.28. The van der Waals surface area contributed by atoms with Crippen molar-refractivity contribution in [2.75, 3.05) is 4.90 Å². The Morgan fingerprint density at radius 3 is 1.94 bits per heavy atom. The Kier molecular flexibility index (Phi) is 4.57. The molecule has 220 valence electrons. The van der Waals surface area contributed by atoms with Crippen molar-refractivity contribution in [3.05, 3.63) is 163 Å². The first kappa shape index (κ1) is 21.6. The van der Waals surface area contributed by atoms with E-state index in [1.54, 1.807) is 0 Å². The molecule has 0 unspecified atom stereocenters. The highest BCUT2D eigenvalue weighted by molar-refractivity contribution is 6.13. The molecule has 0 saturated carbocycles. The molecule has 47 heavy (non-hydrogen) atoms. The third kappa shape index (κ3) is 3.98. The molecule has 0 amide bonds. The van der Waals surface area contributed by atoms with Crippen molar-refractivity contribution in [2.45, 2.75) is 6.92 Å². The molecule has 0 aliphatic heterocycles. The summed E-state index contributed by atoms with van der Waals surface area (Å²) in [6.45, 7) is 2.13. The first-order valence-corrected chi connectivity index (χ1v) is 15.8. The van der Waals surface area contributed by atoms with Gasteiger partial charge in [0.25, 0.3) is 0 Å². The lowest BCUT2D eigenvalue weighted by atomic mass is 9.77. The Morgan fingerprint density at radius 1 is 0.511 bits per heavy atom.